The summed E-state index contributed by atoms with van der Waals surface area (Å²) in [5, 5.41) is 15.2. The van der Waals surface area contributed by atoms with Gasteiger partial charge >= 0.3 is 0 Å². The van der Waals surface area contributed by atoms with Crippen molar-refractivity contribution in [3.63, 3.8) is 0 Å². The zero-order valence-electron chi connectivity index (χ0n) is 14.0. The molecular formula is C20H17N5O. The summed E-state index contributed by atoms with van der Waals surface area (Å²) in [4.78, 5) is 8.63. The standard InChI is InChI=1S/C20H17N5O/c21-19-17-18(12-5-7-16(26)8-6-12)24-25(20(17)23-11-22-19)15-9-13-3-1-2-4-14(13)10-15/h1-8,11,15,26H,9-10H2,(H2,21,22,23). The number of nitrogen functional groups attached to an aromatic ring is 1. The van der Waals surface area contributed by atoms with Gasteiger partial charge in [-0.05, 0) is 48.2 Å². The first-order chi connectivity index (χ1) is 12.7. The molecule has 1 aliphatic rings. The number of hydrogen-bond donors (Lipinski definition) is 2. The monoisotopic (exact) mass is 343 g/mol. The Morgan fingerprint density at radius 3 is 2.35 bits per heavy atom. The van der Waals surface area contributed by atoms with Gasteiger partial charge in [-0.25, -0.2) is 14.6 Å². The van der Waals surface area contributed by atoms with Gasteiger partial charge in [0.1, 0.15) is 23.6 Å². The fourth-order valence-electron chi connectivity index (χ4n) is 3.78. The maximum atomic E-state index is 9.57. The Morgan fingerprint density at radius 1 is 0.962 bits per heavy atom. The van der Waals surface area contributed by atoms with E-state index in [1.54, 1.807) is 12.1 Å². The van der Waals surface area contributed by atoms with Crippen molar-refractivity contribution >= 4 is 16.9 Å². The summed E-state index contributed by atoms with van der Waals surface area (Å²) < 4.78 is 1.98. The largest absolute Gasteiger partial charge is 0.508 e. The fourth-order valence-corrected chi connectivity index (χ4v) is 3.78. The van der Waals surface area contributed by atoms with Crippen molar-refractivity contribution in [3.8, 4) is 17.0 Å². The van der Waals surface area contributed by atoms with Gasteiger partial charge in [0.15, 0.2) is 5.65 Å². The maximum absolute atomic E-state index is 9.57. The molecule has 0 bridgehead atoms. The molecule has 0 aliphatic heterocycles. The second-order valence-corrected chi connectivity index (χ2v) is 6.63. The lowest BCUT2D eigenvalue weighted by Gasteiger charge is -2.10. The minimum Gasteiger partial charge on any atom is -0.508 e. The number of nitrogens with two attached hydrogens (primary N) is 1. The predicted octanol–water partition coefficient (Wildman–Crippen LogP) is 3.12. The van der Waals surface area contributed by atoms with Crippen LogP contribution in [0.2, 0.25) is 0 Å². The Balaban J connectivity index is 1.68. The lowest BCUT2D eigenvalue weighted by atomic mass is 10.1. The number of benzene rings is 2. The number of hydrogen-bond acceptors (Lipinski definition) is 5. The fraction of sp³-hybridized carbons (Fsp3) is 0.150. The van der Waals surface area contributed by atoms with Gasteiger partial charge in [-0.2, -0.15) is 5.10 Å². The molecule has 5 rings (SSSR count). The summed E-state index contributed by atoms with van der Waals surface area (Å²) in [6, 6.07) is 15.6. The molecule has 6 nitrogen and oxygen atoms in total. The molecule has 0 unspecified atom stereocenters. The molecule has 6 heteroatoms. The van der Waals surface area contributed by atoms with Crippen molar-refractivity contribution in [2.24, 2.45) is 0 Å². The van der Waals surface area contributed by atoms with Crippen molar-refractivity contribution in [1.29, 1.82) is 0 Å². The van der Waals surface area contributed by atoms with Crippen LogP contribution in [-0.4, -0.2) is 24.9 Å². The lowest BCUT2D eigenvalue weighted by molar-refractivity contribution is 0.475. The summed E-state index contributed by atoms with van der Waals surface area (Å²) in [6.07, 6.45) is 3.33. The quantitative estimate of drug-likeness (QED) is 0.584. The van der Waals surface area contributed by atoms with Crippen LogP contribution in [0.4, 0.5) is 5.82 Å². The van der Waals surface area contributed by atoms with Crippen LogP contribution in [0.25, 0.3) is 22.3 Å². The molecule has 3 N–H and O–H groups in total. The van der Waals surface area contributed by atoms with E-state index in [4.69, 9.17) is 10.8 Å². The number of nitrogens with zero attached hydrogens (tertiary/aromatic N) is 4. The Kier molecular flexibility index (Phi) is 3.18. The molecule has 4 aromatic rings. The molecule has 2 aromatic heterocycles. The maximum Gasteiger partial charge on any atom is 0.164 e. The summed E-state index contributed by atoms with van der Waals surface area (Å²) in [7, 11) is 0. The lowest BCUT2D eigenvalue weighted by Crippen LogP contribution is -2.11. The van der Waals surface area contributed by atoms with E-state index >= 15 is 0 Å². The van der Waals surface area contributed by atoms with E-state index in [-0.39, 0.29) is 11.8 Å². The van der Waals surface area contributed by atoms with E-state index in [2.05, 4.69) is 34.2 Å². The number of aromatic hydroxyl groups is 1. The Hall–Kier alpha value is -3.41. The second-order valence-electron chi connectivity index (χ2n) is 6.63. The van der Waals surface area contributed by atoms with Gasteiger partial charge in [-0.15, -0.1) is 0 Å². The van der Waals surface area contributed by atoms with Crippen molar-refractivity contribution in [2.75, 3.05) is 5.73 Å². The van der Waals surface area contributed by atoms with Crippen LogP contribution in [0, 0.1) is 0 Å². The zero-order chi connectivity index (χ0) is 17.7. The van der Waals surface area contributed by atoms with Crippen LogP contribution < -0.4 is 5.73 Å². The first-order valence-electron chi connectivity index (χ1n) is 8.55. The molecule has 0 saturated carbocycles. The SMILES string of the molecule is Nc1ncnc2c1c(-c1ccc(O)cc1)nn2C1Cc2ccccc2C1. The molecule has 0 radical (unpaired) electrons. The summed E-state index contributed by atoms with van der Waals surface area (Å²) >= 11 is 0. The predicted molar refractivity (Wildman–Crippen MR) is 99.7 cm³/mol. The number of anilines is 1. The topological polar surface area (TPSA) is 89.8 Å². The van der Waals surface area contributed by atoms with E-state index in [0.717, 1.165) is 35.1 Å². The van der Waals surface area contributed by atoms with Crippen LogP contribution in [0.3, 0.4) is 0 Å². The van der Waals surface area contributed by atoms with E-state index in [9.17, 15) is 5.11 Å². The van der Waals surface area contributed by atoms with Crippen molar-refractivity contribution in [1.82, 2.24) is 19.7 Å². The number of phenols is 1. The highest BCUT2D eigenvalue weighted by Crippen LogP contribution is 2.36. The molecule has 2 heterocycles. The molecule has 0 saturated heterocycles. The van der Waals surface area contributed by atoms with Gasteiger partial charge in [0, 0.05) is 5.56 Å². The van der Waals surface area contributed by atoms with Crippen molar-refractivity contribution in [2.45, 2.75) is 18.9 Å². The molecular weight excluding hydrogens is 326 g/mol. The van der Waals surface area contributed by atoms with Gasteiger partial charge in [0.25, 0.3) is 0 Å². The van der Waals surface area contributed by atoms with Crippen LogP contribution in [-0.2, 0) is 12.8 Å². The Labute approximate surface area is 149 Å². The third kappa shape index (κ3) is 2.23. The average Bonchev–Trinajstić information content (AvgIpc) is 3.24. The van der Waals surface area contributed by atoms with Gasteiger partial charge in [-0.3, -0.25) is 0 Å². The molecule has 1 aliphatic carbocycles. The van der Waals surface area contributed by atoms with Crippen LogP contribution in [0.1, 0.15) is 17.2 Å². The first-order valence-corrected chi connectivity index (χ1v) is 8.55. The van der Waals surface area contributed by atoms with E-state index in [1.807, 2.05) is 16.8 Å². The Morgan fingerprint density at radius 2 is 1.65 bits per heavy atom. The smallest absolute Gasteiger partial charge is 0.164 e. The second kappa shape index (κ2) is 5.56. The molecule has 2 aromatic carbocycles. The highest BCUT2D eigenvalue weighted by atomic mass is 16.3. The highest BCUT2D eigenvalue weighted by molar-refractivity contribution is 5.98. The Bertz CT molecular complexity index is 1090. The first kappa shape index (κ1) is 14.9. The summed E-state index contributed by atoms with van der Waals surface area (Å²) in [5.74, 6) is 0.632. The number of aromatic nitrogens is 4. The average molecular weight is 343 g/mol. The summed E-state index contributed by atoms with van der Waals surface area (Å²) in [6.45, 7) is 0. The van der Waals surface area contributed by atoms with Gasteiger partial charge in [0.2, 0.25) is 0 Å². The van der Waals surface area contributed by atoms with Gasteiger partial charge in [-0.1, -0.05) is 24.3 Å². The molecule has 0 fully saturated rings. The van der Waals surface area contributed by atoms with E-state index in [1.165, 1.54) is 17.5 Å². The molecule has 0 atom stereocenters. The van der Waals surface area contributed by atoms with Crippen molar-refractivity contribution < 1.29 is 5.11 Å². The van der Waals surface area contributed by atoms with Crippen LogP contribution >= 0.6 is 0 Å². The van der Waals surface area contributed by atoms with Crippen LogP contribution in [0.5, 0.6) is 5.75 Å². The highest BCUT2D eigenvalue weighted by Gasteiger charge is 2.27. The van der Waals surface area contributed by atoms with Gasteiger partial charge < -0.3 is 10.8 Å². The molecule has 0 spiro atoms. The number of fused-ring (bicyclic) bond motifs is 2. The van der Waals surface area contributed by atoms with Gasteiger partial charge in [0.05, 0.1) is 11.4 Å². The van der Waals surface area contributed by atoms with Crippen molar-refractivity contribution in [3.05, 3.63) is 66.0 Å². The van der Waals surface area contributed by atoms with E-state index in [0.29, 0.717) is 5.82 Å². The molecule has 128 valence electrons. The van der Waals surface area contributed by atoms with E-state index < -0.39 is 0 Å². The normalized spacial score (nSPS) is 14.0. The zero-order valence-corrected chi connectivity index (χ0v) is 14.0. The minimum atomic E-state index is 0.204. The van der Waals surface area contributed by atoms with Crippen LogP contribution in [0.15, 0.2) is 54.9 Å². The minimum absolute atomic E-state index is 0.204. The number of rotatable bonds is 2. The molecule has 26 heavy (non-hydrogen) atoms. The third-order valence-electron chi connectivity index (χ3n) is 5.03. The third-order valence-corrected chi connectivity index (χ3v) is 5.03. The summed E-state index contributed by atoms with van der Waals surface area (Å²) in [5.41, 5.74) is 11.2. The number of phenolic OH excluding ortho intramolecular Hbond substituents is 1. The molecule has 0 amide bonds.